The van der Waals surface area contributed by atoms with Crippen LogP contribution in [-0.2, 0) is 13.1 Å². The van der Waals surface area contributed by atoms with Crippen LogP contribution in [0.2, 0.25) is 5.02 Å². The summed E-state index contributed by atoms with van der Waals surface area (Å²) >= 11 is 6.64. The highest BCUT2D eigenvalue weighted by atomic mass is 35.5. The molecule has 4 rings (SSSR count). The van der Waals surface area contributed by atoms with Crippen LogP contribution in [0.5, 0.6) is 17.2 Å². The second kappa shape index (κ2) is 12.2. The number of ether oxygens (including phenoxy) is 3. The maximum Gasteiger partial charge on any atom is 0.255 e. The lowest BCUT2D eigenvalue weighted by Gasteiger charge is -2.25. The molecule has 0 fully saturated rings. The Labute approximate surface area is 228 Å². The fourth-order valence-corrected chi connectivity index (χ4v) is 4.71. The molecular formula is C29H33ClN4O4. The van der Waals surface area contributed by atoms with Crippen molar-refractivity contribution in [1.29, 1.82) is 0 Å². The summed E-state index contributed by atoms with van der Waals surface area (Å²) in [6.45, 7) is 5.63. The van der Waals surface area contributed by atoms with E-state index >= 15 is 0 Å². The number of amides is 1. The van der Waals surface area contributed by atoms with Crippen LogP contribution < -0.4 is 14.2 Å². The molecule has 0 spiro atoms. The largest absolute Gasteiger partial charge is 0.496 e. The van der Waals surface area contributed by atoms with Gasteiger partial charge in [-0.25, -0.2) is 4.98 Å². The third-order valence-corrected chi connectivity index (χ3v) is 6.84. The van der Waals surface area contributed by atoms with Gasteiger partial charge in [0.05, 0.1) is 56.7 Å². The monoisotopic (exact) mass is 536 g/mol. The number of rotatable bonds is 11. The SMILES string of the molecule is COc1ccccc1Cn1c(CN(CCC(C)C)C(=O)c2ccc(OC)c(OC)c2Cl)nc2cnccc21. The molecular weight excluding hydrogens is 504 g/mol. The molecule has 2 heterocycles. The van der Waals surface area contributed by atoms with Crippen molar-refractivity contribution in [3.05, 3.63) is 76.8 Å². The second-order valence-electron chi connectivity index (χ2n) is 9.36. The molecule has 0 bridgehead atoms. The van der Waals surface area contributed by atoms with E-state index in [1.807, 2.05) is 30.3 Å². The van der Waals surface area contributed by atoms with Gasteiger partial charge < -0.3 is 23.7 Å². The van der Waals surface area contributed by atoms with Crippen molar-refractivity contribution >= 4 is 28.5 Å². The zero-order chi connectivity index (χ0) is 27.2. The molecule has 2 aromatic carbocycles. The molecule has 0 saturated heterocycles. The van der Waals surface area contributed by atoms with Crippen LogP contribution in [0.15, 0.2) is 54.9 Å². The lowest BCUT2D eigenvalue weighted by molar-refractivity contribution is 0.0729. The van der Waals surface area contributed by atoms with Crippen LogP contribution in [0.3, 0.4) is 0 Å². The lowest BCUT2D eigenvalue weighted by Crippen LogP contribution is -2.33. The number of aromatic nitrogens is 3. The second-order valence-corrected chi connectivity index (χ2v) is 9.74. The van der Waals surface area contributed by atoms with E-state index in [2.05, 4.69) is 23.4 Å². The van der Waals surface area contributed by atoms with Gasteiger partial charge >= 0.3 is 0 Å². The summed E-state index contributed by atoms with van der Waals surface area (Å²) in [5.41, 5.74) is 3.05. The average Bonchev–Trinajstić information content (AvgIpc) is 3.27. The van der Waals surface area contributed by atoms with Crippen molar-refractivity contribution in [3.8, 4) is 17.2 Å². The van der Waals surface area contributed by atoms with Crippen LogP contribution in [0.25, 0.3) is 11.0 Å². The van der Waals surface area contributed by atoms with Gasteiger partial charge in [-0.3, -0.25) is 9.78 Å². The summed E-state index contributed by atoms with van der Waals surface area (Å²) in [4.78, 5) is 24.8. The van der Waals surface area contributed by atoms with E-state index in [0.717, 1.165) is 34.6 Å². The smallest absolute Gasteiger partial charge is 0.255 e. The highest BCUT2D eigenvalue weighted by Gasteiger charge is 2.25. The fraction of sp³-hybridized carbons (Fsp3) is 0.345. The average molecular weight is 537 g/mol. The van der Waals surface area contributed by atoms with Gasteiger partial charge in [-0.05, 0) is 36.6 Å². The zero-order valence-electron chi connectivity index (χ0n) is 22.4. The predicted molar refractivity (Wildman–Crippen MR) is 148 cm³/mol. The van der Waals surface area contributed by atoms with Gasteiger partial charge in [0.1, 0.15) is 17.1 Å². The van der Waals surface area contributed by atoms with Crippen molar-refractivity contribution in [2.75, 3.05) is 27.9 Å². The predicted octanol–water partition coefficient (Wildman–Crippen LogP) is 5.85. The van der Waals surface area contributed by atoms with Crippen LogP contribution in [0.1, 0.15) is 42.0 Å². The number of methoxy groups -OCH3 is 3. The van der Waals surface area contributed by atoms with Crippen molar-refractivity contribution in [1.82, 2.24) is 19.4 Å². The molecule has 0 saturated carbocycles. The summed E-state index contributed by atoms with van der Waals surface area (Å²) in [7, 11) is 4.70. The van der Waals surface area contributed by atoms with Gasteiger partial charge in [0.15, 0.2) is 11.5 Å². The molecule has 9 heteroatoms. The van der Waals surface area contributed by atoms with Crippen LogP contribution in [0, 0.1) is 5.92 Å². The molecule has 0 N–H and O–H groups in total. The van der Waals surface area contributed by atoms with Gasteiger partial charge in [0.25, 0.3) is 5.91 Å². The van der Waals surface area contributed by atoms with E-state index in [-0.39, 0.29) is 10.9 Å². The number of carbonyl (C=O) groups is 1. The summed E-state index contributed by atoms with van der Waals surface area (Å²) < 4.78 is 18.5. The van der Waals surface area contributed by atoms with Gasteiger partial charge in [0.2, 0.25) is 0 Å². The first-order chi connectivity index (χ1) is 18.4. The molecule has 1 amide bonds. The molecule has 0 unspecified atom stereocenters. The Morgan fingerprint density at radius 2 is 1.79 bits per heavy atom. The minimum absolute atomic E-state index is 0.203. The number of halogens is 1. The van der Waals surface area contributed by atoms with Crippen LogP contribution in [0.4, 0.5) is 0 Å². The molecule has 200 valence electrons. The van der Waals surface area contributed by atoms with Crippen LogP contribution in [-0.4, -0.2) is 53.2 Å². The number of carbonyl (C=O) groups excluding carboxylic acids is 1. The maximum atomic E-state index is 13.9. The first kappa shape index (κ1) is 27.3. The van der Waals surface area contributed by atoms with E-state index in [1.54, 1.807) is 36.5 Å². The normalized spacial score (nSPS) is 11.1. The van der Waals surface area contributed by atoms with E-state index in [9.17, 15) is 4.79 Å². The molecule has 0 atom stereocenters. The molecule has 0 aliphatic heterocycles. The van der Waals surface area contributed by atoms with E-state index < -0.39 is 0 Å². The van der Waals surface area contributed by atoms with E-state index in [1.165, 1.54) is 14.2 Å². The Morgan fingerprint density at radius 1 is 1.03 bits per heavy atom. The van der Waals surface area contributed by atoms with Gasteiger partial charge in [0, 0.05) is 18.3 Å². The summed E-state index contributed by atoms with van der Waals surface area (Å²) in [5, 5.41) is 0.220. The first-order valence-corrected chi connectivity index (χ1v) is 12.9. The van der Waals surface area contributed by atoms with Crippen LogP contribution >= 0.6 is 11.6 Å². The molecule has 0 aliphatic rings. The Morgan fingerprint density at radius 3 is 2.50 bits per heavy atom. The molecule has 8 nitrogen and oxygen atoms in total. The number of nitrogens with zero attached hydrogens (tertiary/aromatic N) is 4. The Kier molecular flexibility index (Phi) is 8.73. The number of para-hydroxylation sites is 1. The fourth-order valence-electron chi connectivity index (χ4n) is 4.39. The summed E-state index contributed by atoms with van der Waals surface area (Å²) in [6.07, 6.45) is 4.31. The molecule has 4 aromatic rings. The number of hydrogen-bond acceptors (Lipinski definition) is 6. The van der Waals surface area contributed by atoms with Crippen molar-refractivity contribution in [2.24, 2.45) is 5.92 Å². The summed E-state index contributed by atoms with van der Waals surface area (Å²) in [5.74, 6) is 2.53. The highest BCUT2D eigenvalue weighted by molar-refractivity contribution is 6.35. The van der Waals surface area contributed by atoms with Gasteiger partial charge in [-0.2, -0.15) is 0 Å². The Balaban J connectivity index is 1.75. The zero-order valence-corrected chi connectivity index (χ0v) is 23.2. The number of benzene rings is 2. The molecule has 0 aliphatic carbocycles. The van der Waals surface area contributed by atoms with E-state index in [0.29, 0.717) is 42.6 Å². The molecule has 38 heavy (non-hydrogen) atoms. The minimum Gasteiger partial charge on any atom is -0.496 e. The quantitative estimate of drug-likeness (QED) is 0.239. The number of hydrogen-bond donors (Lipinski definition) is 0. The van der Waals surface area contributed by atoms with Crippen molar-refractivity contribution in [3.63, 3.8) is 0 Å². The standard InChI is InChI=1S/C29H33ClN4O4/c1-19(2)13-15-33(29(35)21-10-11-25(37-4)28(38-5)27(21)30)18-26-32-22-16-31-14-12-23(22)34(26)17-20-8-6-7-9-24(20)36-3/h6-12,14,16,19H,13,15,17-18H2,1-5H3. The number of imidazole rings is 1. The Bertz CT molecular complexity index is 1420. The topological polar surface area (TPSA) is 78.7 Å². The van der Waals surface area contributed by atoms with E-state index in [4.69, 9.17) is 30.8 Å². The lowest BCUT2D eigenvalue weighted by atomic mass is 10.1. The Hall–Kier alpha value is -3.78. The summed E-state index contributed by atoms with van der Waals surface area (Å²) in [6, 6.07) is 13.2. The number of pyridine rings is 1. The minimum atomic E-state index is -0.203. The van der Waals surface area contributed by atoms with Gasteiger partial charge in [-0.1, -0.05) is 43.6 Å². The third kappa shape index (κ3) is 5.70. The highest BCUT2D eigenvalue weighted by Crippen LogP contribution is 2.38. The van der Waals surface area contributed by atoms with Crippen molar-refractivity contribution in [2.45, 2.75) is 33.4 Å². The van der Waals surface area contributed by atoms with Crippen molar-refractivity contribution < 1.29 is 19.0 Å². The molecule has 2 aromatic heterocycles. The molecule has 0 radical (unpaired) electrons. The number of fused-ring (bicyclic) bond motifs is 1. The van der Waals surface area contributed by atoms with Gasteiger partial charge in [-0.15, -0.1) is 0 Å². The maximum absolute atomic E-state index is 13.9. The third-order valence-electron chi connectivity index (χ3n) is 6.46. The first-order valence-electron chi connectivity index (χ1n) is 12.5.